The molecule has 0 unspecified atom stereocenters. The molecule has 2 amide bonds. The van der Waals surface area contributed by atoms with Crippen LogP contribution in [0.1, 0.15) is 24.1 Å². The molecule has 7 nitrogen and oxygen atoms in total. The zero-order chi connectivity index (χ0) is 22.8. The summed E-state index contributed by atoms with van der Waals surface area (Å²) in [6.07, 6.45) is 3.63. The number of hydrogen-bond donors (Lipinski definition) is 0. The van der Waals surface area contributed by atoms with Gasteiger partial charge in [0.25, 0.3) is 0 Å². The van der Waals surface area contributed by atoms with E-state index in [4.69, 9.17) is 5.10 Å². The first-order valence-electron chi connectivity index (χ1n) is 10.7. The number of aromatic nitrogens is 3. The van der Waals surface area contributed by atoms with Crippen molar-refractivity contribution in [3.8, 4) is 16.3 Å². The lowest BCUT2D eigenvalue weighted by Gasteiger charge is -2.16. The molecular formula is C24H23N5O2S2. The van der Waals surface area contributed by atoms with Crippen LogP contribution in [0.2, 0.25) is 0 Å². The molecule has 1 aromatic carbocycles. The Morgan fingerprint density at radius 3 is 2.73 bits per heavy atom. The fraction of sp³-hybridized carbons (Fsp3) is 0.250. The zero-order valence-electron chi connectivity index (χ0n) is 18.2. The van der Waals surface area contributed by atoms with Crippen LogP contribution in [-0.4, -0.2) is 45.1 Å². The lowest BCUT2D eigenvalue weighted by Crippen LogP contribution is -2.28. The summed E-state index contributed by atoms with van der Waals surface area (Å²) in [5.74, 6) is 0.0834. The van der Waals surface area contributed by atoms with Gasteiger partial charge in [-0.1, -0.05) is 24.3 Å². The Hall–Kier alpha value is -3.30. The van der Waals surface area contributed by atoms with Gasteiger partial charge in [-0.25, -0.2) is 9.67 Å². The van der Waals surface area contributed by atoms with E-state index in [9.17, 15) is 9.59 Å². The third-order valence-electron chi connectivity index (χ3n) is 5.57. The average Bonchev–Trinajstić information content (AvgIpc) is 3.61. The van der Waals surface area contributed by atoms with Crippen molar-refractivity contribution in [2.75, 3.05) is 18.5 Å². The highest BCUT2D eigenvalue weighted by Gasteiger charge is 2.25. The number of hydrogen-bond acceptors (Lipinski definition) is 6. The lowest BCUT2D eigenvalue weighted by atomic mass is 10.2. The summed E-state index contributed by atoms with van der Waals surface area (Å²) in [6, 6.07) is 14.0. The number of carbonyl (C=O) groups is 2. The molecule has 3 aromatic heterocycles. The van der Waals surface area contributed by atoms with Crippen molar-refractivity contribution in [3.63, 3.8) is 0 Å². The molecule has 0 spiro atoms. The number of nitrogens with zero attached hydrogens (tertiary/aromatic N) is 5. The van der Waals surface area contributed by atoms with Crippen molar-refractivity contribution in [1.29, 1.82) is 0 Å². The SMILES string of the molecule is CN(Cc1cn(-c2ccccc2)nc1-c1cccs1)C(=O)Cc1csc(N2CCCC2=O)n1. The summed E-state index contributed by atoms with van der Waals surface area (Å²) < 4.78 is 1.86. The second-order valence-electron chi connectivity index (χ2n) is 7.96. The molecule has 4 aromatic rings. The largest absolute Gasteiger partial charge is 0.341 e. The van der Waals surface area contributed by atoms with Crippen molar-refractivity contribution in [1.82, 2.24) is 19.7 Å². The molecule has 4 heterocycles. The normalized spacial score (nSPS) is 13.6. The molecule has 168 valence electrons. The Labute approximate surface area is 199 Å². The number of anilines is 1. The van der Waals surface area contributed by atoms with Crippen LogP contribution < -0.4 is 4.90 Å². The predicted molar refractivity (Wildman–Crippen MR) is 131 cm³/mol. The van der Waals surface area contributed by atoms with Gasteiger partial charge in [-0.15, -0.1) is 22.7 Å². The topological polar surface area (TPSA) is 71.3 Å². The van der Waals surface area contributed by atoms with Gasteiger partial charge in [0.15, 0.2) is 5.13 Å². The molecule has 1 fully saturated rings. The Morgan fingerprint density at radius 1 is 1.15 bits per heavy atom. The van der Waals surface area contributed by atoms with E-state index in [0.29, 0.717) is 30.3 Å². The monoisotopic (exact) mass is 477 g/mol. The molecule has 1 aliphatic heterocycles. The van der Waals surface area contributed by atoms with Crippen LogP contribution in [0.3, 0.4) is 0 Å². The predicted octanol–water partition coefficient (Wildman–Crippen LogP) is 4.39. The van der Waals surface area contributed by atoms with Crippen LogP contribution >= 0.6 is 22.7 Å². The molecule has 1 aliphatic rings. The fourth-order valence-corrected chi connectivity index (χ4v) is 5.46. The van der Waals surface area contributed by atoms with E-state index in [-0.39, 0.29) is 18.2 Å². The standard InChI is InChI=1S/C24H23N5O2S2/c1-27(22(31)13-18-16-33-24(25-18)28-11-5-10-21(28)30)14-17-15-29(19-7-3-2-4-8-19)26-23(17)20-9-6-12-32-20/h2-4,6-9,12,15-16H,5,10-11,13-14H2,1H3. The number of thiophene rings is 1. The maximum absolute atomic E-state index is 13.0. The highest BCUT2D eigenvalue weighted by molar-refractivity contribution is 7.14. The van der Waals surface area contributed by atoms with E-state index >= 15 is 0 Å². The number of likely N-dealkylation sites (N-methyl/N-ethyl adjacent to an activating group) is 1. The molecule has 1 saturated heterocycles. The van der Waals surface area contributed by atoms with Gasteiger partial charge >= 0.3 is 0 Å². The first-order chi connectivity index (χ1) is 16.1. The third kappa shape index (κ3) is 4.60. The van der Waals surface area contributed by atoms with E-state index in [1.807, 2.05) is 64.1 Å². The average molecular weight is 478 g/mol. The first kappa shape index (κ1) is 21.5. The van der Waals surface area contributed by atoms with Gasteiger partial charge in [0.2, 0.25) is 11.8 Å². The molecule has 33 heavy (non-hydrogen) atoms. The van der Waals surface area contributed by atoms with E-state index in [1.165, 1.54) is 11.3 Å². The third-order valence-corrected chi connectivity index (χ3v) is 7.36. The van der Waals surface area contributed by atoms with E-state index < -0.39 is 0 Å². The number of benzene rings is 1. The van der Waals surface area contributed by atoms with Crippen LogP contribution in [0.15, 0.2) is 59.4 Å². The second-order valence-corrected chi connectivity index (χ2v) is 9.74. The summed E-state index contributed by atoms with van der Waals surface area (Å²) in [7, 11) is 1.80. The van der Waals surface area contributed by atoms with Crippen LogP contribution in [0, 0.1) is 0 Å². The highest BCUT2D eigenvalue weighted by atomic mass is 32.1. The molecule has 9 heteroatoms. The molecule has 0 aliphatic carbocycles. The number of thiazole rings is 1. The molecule has 0 saturated carbocycles. The van der Waals surface area contributed by atoms with Crippen LogP contribution in [0.4, 0.5) is 5.13 Å². The summed E-state index contributed by atoms with van der Waals surface area (Å²) in [6.45, 7) is 1.15. The van der Waals surface area contributed by atoms with Crippen molar-refractivity contribution in [2.24, 2.45) is 0 Å². The molecule has 5 rings (SSSR count). The van der Waals surface area contributed by atoms with Crippen molar-refractivity contribution >= 4 is 39.6 Å². The van der Waals surface area contributed by atoms with Crippen LogP contribution in [-0.2, 0) is 22.6 Å². The number of rotatable bonds is 7. The second kappa shape index (κ2) is 9.29. The van der Waals surface area contributed by atoms with Gasteiger partial charge in [0.05, 0.1) is 22.7 Å². The van der Waals surface area contributed by atoms with E-state index in [1.54, 1.807) is 28.2 Å². The Morgan fingerprint density at radius 2 is 2.00 bits per heavy atom. The summed E-state index contributed by atoms with van der Waals surface area (Å²) in [4.78, 5) is 34.0. The van der Waals surface area contributed by atoms with Gasteiger partial charge in [-0.3, -0.25) is 14.5 Å². The van der Waals surface area contributed by atoms with Crippen LogP contribution in [0.25, 0.3) is 16.3 Å². The molecule has 0 radical (unpaired) electrons. The van der Waals surface area contributed by atoms with Gasteiger partial charge in [-0.2, -0.15) is 5.10 Å². The zero-order valence-corrected chi connectivity index (χ0v) is 19.8. The lowest BCUT2D eigenvalue weighted by molar-refractivity contribution is -0.129. The Kier molecular flexibility index (Phi) is 6.06. The summed E-state index contributed by atoms with van der Waals surface area (Å²) in [5.41, 5.74) is 3.54. The highest BCUT2D eigenvalue weighted by Crippen LogP contribution is 2.29. The van der Waals surface area contributed by atoms with Crippen molar-refractivity contribution in [2.45, 2.75) is 25.8 Å². The number of para-hydroxylation sites is 1. The van der Waals surface area contributed by atoms with Crippen molar-refractivity contribution < 1.29 is 9.59 Å². The van der Waals surface area contributed by atoms with Gasteiger partial charge in [0, 0.05) is 43.7 Å². The summed E-state index contributed by atoms with van der Waals surface area (Å²) in [5, 5.41) is 9.40. The Bertz CT molecular complexity index is 1260. The fourth-order valence-electron chi connectivity index (χ4n) is 3.84. The maximum Gasteiger partial charge on any atom is 0.228 e. The smallest absolute Gasteiger partial charge is 0.228 e. The number of amides is 2. The minimum absolute atomic E-state index is 0.0239. The van der Waals surface area contributed by atoms with Gasteiger partial charge in [-0.05, 0) is 30.0 Å². The van der Waals surface area contributed by atoms with E-state index in [2.05, 4.69) is 4.98 Å². The summed E-state index contributed by atoms with van der Waals surface area (Å²) >= 11 is 3.05. The number of carbonyl (C=O) groups excluding carboxylic acids is 2. The van der Waals surface area contributed by atoms with Crippen molar-refractivity contribution in [3.05, 3.63) is 70.7 Å². The van der Waals surface area contributed by atoms with Gasteiger partial charge in [0.1, 0.15) is 5.69 Å². The molecule has 0 N–H and O–H groups in total. The quantitative estimate of drug-likeness (QED) is 0.396. The minimum Gasteiger partial charge on any atom is -0.341 e. The molecule has 0 bridgehead atoms. The molecule has 0 atom stereocenters. The van der Waals surface area contributed by atoms with Crippen LogP contribution in [0.5, 0.6) is 0 Å². The van der Waals surface area contributed by atoms with Gasteiger partial charge < -0.3 is 4.90 Å². The Balaban J connectivity index is 1.32. The maximum atomic E-state index is 13.0. The molecular weight excluding hydrogens is 454 g/mol. The van der Waals surface area contributed by atoms with E-state index in [0.717, 1.165) is 28.2 Å². The first-order valence-corrected chi connectivity index (χ1v) is 12.5. The minimum atomic E-state index is -0.0239.